The first kappa shape index (κ1) is 14.8. The number of hydrogen-bond acceptors (Lipinski definition) is 4. The first-order valence-electron chi connectivity index (χ1n) is 7.75. The van der Waals surface area contributed by atoms with E-state index in [4.69, 9.17) is 4.42 Å². The van der Waals surface area contributed by atoms with Gasteiger partial charge >= 0.3 is 0 Å². The molecule has 0 radical (unpaired) electrons. The summed E-state index contributed by atoms with van der Waals surface area (Å²) < 4.78 is 5.67. The van der Waals surface area contributed by atoms with Crippen LogP contribution in [0, 0.1) is 6.92 Å². The third-order valence-corrected chi connectivity index (χ3v) is 3.94. The second-order valence-corrected chi connectivity index (χ2v) is 5.90. The quantitative estimate of drug-likeness (QED) is 0.889. The molecule has 1 fully saturated rings. The number of aromatic nitrogens is 2. The molecular weight excluding hydrogens is 280 g/mol. The number of H-pyrrole nitrogens is 1. The van der Waals surface area contributed by atoms with Crippen molar-refractivity contribution in [2.24, 2.45) is 0 Å². The molecule has 6 nitrogen and oxygen atoms in total. The third kappa shape index (κ3) is 3.39. The number of aromatic amines is 1. The summed E-state index contributed by atoms with van der Waals surface area (Å²) >= 11 is 0. The molecule has 3 heterocycles. The summed E-state index contributed by atoms with van der Waals surface area (Å²) in [7, 11) is 0. The van der Waals surface area contributed by atoms with Crippen LogP contribution >= 0.6 is 0 Å². The van der Waals surface area contributed by atoms with E-state index in [0.29, 0.717) is 5.76 Å². The van der Waals surface area contributed by atoms with Gasteiger partial charge in [0.2, 0.25) is 0 Å². The fourth-order valence-corrected chi connectivity index (χ4v) is 2.74. The average Bonchev–Trinajstić information content (AvgIpc) is 3.20. The highest BCUT2D eigenvalue weighted by Crippen LogP contribution is 2.16. The van der Waals surface area contributed by atoms with Crippen LogP contribution in [0.2, 0.25) is 0 Å². The van der Waals surface area contributed by atoms with E-state index in [2.05, 4.69) is 20.2 Å². The van der Waals surface area contributed by atoms with Gasteiger partial charge in [-0.15, -0.1) is 0 Å². The van der Waals surface area contributed by atoms with E-state index in [1.165, 1.54) is 12.8 Å². The van der Waals surface area contributed by atoms with Crippen molar-refractivity contribution in [2.75, 3.05) is 13.1 Å². The van der Waals surface area contributed by atoms with Gasteiger partial charge in [-0.3, -0.25) is 9.69 Å². The molecule has 1 aliphatic rings. The van der Waals surface area contributed by atoms with E-state index in [0.717, 1.165) is 36.9 Å². The van der Waals surface area contributed by atoms with Crippen molar-refractivity contribution in [2.45, 2.75) is 39.3 Å². The van der Waals surface area contributed by atoms with E-state index in [1.807, 2.05) is 19.9 Å². The highest BCUT2D eigenvalue weighted by molar-refractivity contribution is 5.91. The van der Waals surface area contributed by atoms with Crippen molar-refractivity contribution in [1.29, 1.82) is 0 Å². The fraction of sp³-hybridized carbons (Fsp3) is 0.500. The molecular formula is C16H22N4O2. The monoisotopic (exact) mass is 302 g/mol. The molecule has 0 aromatic carbocycles. The van der Waals surface area contributed by atoms with Gasteiger partial charge in [0, 0.05) is 11.9 Å². The summed E-state index contributed by atoms with van der Waals surface area (Å²) in [5.41, 5.74) is 0.974. The summed E-state index contributed by atoms with van der Waals surface area (Å²) in [4.78, 5) is 21.9. The minimum atomic E-state index is -0.214. The van der Waals surface area contributed by atoms with Crippen LogP contribution in [0.3, 0.4) is 0 Å². The number of furan rings is 1. The summed E-state index contributed by atoms with van der Waals surface area (Å²) in [6, 6.07) is 3.43. The number of nitrogens with one attached hydrogen (secondary N) is 2. The van der Waals surface area contributed by atoms with Gasteiger partial charge in [-0.2, -0.15) is 0 Å². The van der Waals surface area contributed by atoms with Crippen LogP contribution < -0.4 is 5.32 Å². The lowest BCUT2D eigenvalue weighted by Gasteiger charge is -2.12. The van der Waals surface area contributed by atoms with Crippen LogP contribution in [0.1, 0.15) is 53.6 Å². The van der Waals surface area contributed by atoms with E-state index >= 15 is 0 Å². The van der Waals surface area contributed by atoms with Crippen molar-refractivity contribution in [3.05, 3.63) is 41.4 Å². The minimum Gasteiger partial charge on any atom is -0.455 e. The van der Waals surface area contributed by atoms with Gasteiger partial charge in [0.05, 0.1) is 12.6 Å². The molecule has 1 aliphatic heterocycles. The zero-order valence-corrected chi connectivity index (χ0v) is 13.1. The van der Waals surface area contributed by atoms with Gasteiger partial charge in [0.15, 0.2) is 5.76 Å². The number of nitrogens with zero attached hydrogens (tertiary/aromatic N) is 2. The molecule has 22 heavy (non-hydrogen) atoms. The van der Waals surface area contributed by atoms with Crippen LogP contribution in [-0.2, 0) is 6.54 Å². The molecule has 1 saturated heterocycles. The van der Waals surface area contributed by atoms with E-state index in [9.17, 15) is 4.79 Å². The minimum absolute atomic E-state index is 0.187. The van der Waals surface area contributed by atoms with Crippen LogP contribution in [0.25, 0.3) is 0 Å². The molecule has 0 spiro atoms. The maximum Gasteiger partial charge on any atom is 0.287 e. The number of imidazole rings is 1. The Morgan fingerprint density at radius 2 is 2.23 bits per heavy atom. The van der Waals surface area contributed by atoms with E-state index in [-0.39, 0.29) is 11.9 Å². The van der Waals surface area contributed by atoms with E-state index in [1.54, 1.807) is 12.3 Å². The molecule has 118 valence electrons. The lowest BCUT2D eigenvalue weighted by Crippen LogP contribution is -2.27. The summed E-state index contributed by atoms with van der Waals surface area (Å²) in [6.45, 7) is 6.82. The maximum absolute atomic E-state index is 12.2. The van der Waals surface area contributed by atoms with Gasteiger partial charge in [-0.05, 0) is 51.9 Å². The van der Waals surface area contributed by atoms with Gasteiger partial charge in [-0.25, -0.2) is 4.98 Å². The summed E-state index contributed by atoms with van der Waals surface area (Å²) in [6.07, 6.45) is 4.24. The standard InChI is InChI=1S/C16H22N4O2/c1-11-9-17-15(18-11)12(2)19-16(21)14-6-5-13(22-14)10-20-7-3-4-8-20/h5-6,9,12H,3-4,7-8,10H2,1-2H3,(H,17,18)(H,19,21)/t12-/m0/s1. The van der Waals surface area contributed by atoms with Crippen molar-refractivity contribution in [3.63, 3.8) is 0 Å². The van der Waals surface area contributed by atoms with Gasteiger partial charge in [0.1, 0.15) is 11.6 Å². The predicted molar refractivity (Wildman–Crippen MR) is 82.4 cm³/mol. The molecule has 1 amide bonds. The second kappa shape index (κ2) is 6.36. The number of carbonyl (C=O) groups is 1. The Morgan fingerprint density at radius 1 is 1.45 bits per heavy atom. The van der Waals surface area contributed by atoms with Gasteiger partial charge in [0.25, 0.3) is 5.91 Å². The highest BCUT2D eigenvalue weighted by Gasteiger charge is 2.18. The molecule has 0 bridgehead atoms. The molecule has 2 aromatic rings. The Morgan fingerprint density at radius 3 is 2.91 bits per heavy atom. The molecule has 2 N–H and O–H groups in total. The topological polar surface area (TPSA) is 74.2 Å². The van der Waals surface area contributed by atoms with Crippen LogP contribution in [0.4, 0.5) is 0 Å². The highest BCUT2D eigenvalue weighted by atomic mass is 16.4. The number of carbonyl (C=O) groups excluding carboxylic acids is 1. The van der Waals surface area contributed by atoms with Crippen molar-refractivity contribution < 1.29 is 9.21 Å². The predicted octanol–water partition coefficient (Wildman–Crippen LogP) is 2.40. The van der Waals surface area contributed by atoms with Gasteiger partial charge in [-0.1, -0.05) is 0 Å². The zero-order chi connectivity index (χ0) is 15.5. The van der Waals surface area contributed by atoms with Gasteiger partial charge < -0.3 is 14.7 Å². The number of amides is 1. The first-order chi connectivity index (χ1) is 10.6. The molecule has 3 rings (SSSR count). The fourth-order valence-electron chi connectivity index (χ4n) is 2.74. The normalized spacial score (nSPS) is 16.8. The summed E-state index contributed by atoms with van der Waals surface area (Å²) in [5.74, 6) is 1.72. The van der Waals surface area contributed by atoms with Crippen molar-refractivity contribution >= 4 is 5.91 Å². The van der Waals surface area contributed by atoms with Crippen LogP contribution in [0.5, 0.6) is 0 Å². The lowest BCUT2D eigenvalue weighted by atomic mass is 10.3. The number of hydrogen-bond donors (Lipinski definition) is 2. The largest absolute Gasteiger partial charge is 0.455 e. The number of aryl methyl sites for hydroxylation is 1. The van der Waals surface area contributed by atoms with E-state index < -0.39 is 0 Å². The van der Waals surface area contributed by atoms with Crippen molar-refractivity contribution in [1.82, 2.24) is 20.2 Å². The zero-order valence-electron chi connectivity index (χ0n) is 13.1. The SMILES string of the molecule is Cc1cnc([C@H](C)NC(=O)c2ccc(CN3CCCC3)o2)[nH]1. The van der Waals surface area contributed by atoms with Crippen LogP contribution in [-0.4, -0.2) is 33.9 Å². The number of rotatable bonds is 5. The second-order valence-electron chi connectivity index (χ2n) is 5.90. The Balaban J connectivity index is 1.59. The Labute approximate surface area is 129 Å². The lowest BCUT2D eigenvalue weighted by molar-refractivity contribution is 0.0907. The maximum atomic E-state index is 12.2. The number of likely N-dealkylation sites (tertiary alicyclic amines) is 1. The molecule has 1 atom stereocenters. The first-order valence-corrected chi connectivity index (χ1v) is 7.75. The summed E-state index contributed by atoms with van der Waals surface area (Å²) in [5, 5.41) is 2.89. The molecule has 2 aromatic heterocycles. The molecule has 0 aliphatic carbocycles. The average molecular weight is 302 g/mol. The third-order valence-electron chi connectivity index (χ3n) is 3.94. The Bertz CT molecular complexity index is 640. The molecule has 6 heteroatoms. The smallest absolute Gasteiger partial charge is 0.287 e. The molecule has 0 saturated carbocycles. The molecule has 0 unspecified atom stereocenters. The Hall–Kier alpha value is -2.08. The van der Waals surface area contributed by atoms with Crippen LogP contribution in [0.15, 0.2) is 22.7 Å². The van der Waals surface area contributed by atoms with Crippen molar-refractivity contribution in [3.8, 4) is 0 Å². The Kier molecular flexibility index (Phi) is 4.29.